The molecule has 0 saturated carbocycles. The van der Waals surface area contributed by atoms with Crippen LogP contribution in [-0.2, 0) is 16.0 Å². The second kappa shape index (κ2) is 6.15. The van der Waals surface area contributed by atoms with Crippen LogP contribution in [0.1, 0.15) is 12.6 Å². The maximum Gasteiger partial charge on any atom is 0.326 e. The van der Waals surface area contributed by atoms with Crippen LogP contribution in [0.4, 0.5) is 0 Å². The number of carboxylic acids is 1. The number of carbonyl (C=O) groups excluding carboxylic acids is 1. The van der Waals surface area contributed by atoms with Crippen LogP contribution in [0.25, 0.3) is 9.88 Å². The predicted molar refractivity (Wildman–Crippen MR) is 79.0 cm³/mol. The molecule has 2 aromatic heterocycles. The molecule has 0 aliphatic carbocycles. The fourth-order valence-electron chi connectivity index (χ4n) is 1.56. The van der Waals surface area contributed by atoms with Crippen molar-refractivity contribution in [3.05, 3.63) is 28.6 Å². The highest BCUT2D eigenvalue weighted by Crippen LogP contribution is 2.27. The molecule has 1 unspecified atom stereocenters. The lowest BCUT2D eigenvalue weighted by molar-refractivity contribution is -0.148. The summed E-state index contributed by atoms with van der Waals surface area (Å²) >= 11 is 3.09. The maximum atomic E-state index is 12.0. The van der Waals surface area contributed by atoms with E-state index in [1.54, 1.807) is 11.3 Å². The first-order valence-electron chi connectivity index (χ1n) is 5.95. The van der Waals surface area contributed by atoms with Crippen LogP contribution in [0.2, 0.25) is 0 Å². The van der Waals surface area contributed by atoms with Crippen molar-refractivity contribution in [2.75, 3.05) is 7.05 Å². The lowest BCUT2D eigenvalue weighted by Crippen LogP contribution is -2.41. The lowest BCUT2D eigenvalue weighted by atomic mass is 10.2. The molecule has 1 atom stereocenters. The Kier molecular flexibility index (Phi) is 4.51. The summed E-state index contributed by atoms with van der Waals surface area (Å²) in [6, 6.07) is 3.10. The van der Waals surface area contributed by atoms with E-state index in [9.17, 15) is 9.59 Å². The van der Waals surface area contributed by atoms with Crippen LogP contribution in [0.5, 0.6) is 0 Å². The number of hydrogen-bond donors (Lipinski definition) is 1. The number of likely N-dealkylation sites (N-methyl/N-ethyl adjacent to an activating group) is 1. The van der Waals surface area contributed by atoms with Gasteiger partial charge < -0.3 is 10.0 Å². The molecular formula is C13H14N2O3S2. The molecule has 20 heavy (non-hydrogen) atoms. The highest BCUT2D eigenvalue weighted by Gasteiger charge is 2.22. The average Bonchev–Trinajstić information content (AvgIpc) is 3.06. The normalized spacial score (nSPS) is 12.1. The van der Waals surface area contributed by atoms with Gasteiger partial charge in [-0.1, -0.05) is 6.07 Å². The molecule has 5 nitrogen and oxygen atoms in total. The number of thiazole rings is 1. The molecule has 1 N–H and O–H groups in total. The Morgan fingerprint density at radius 1 is 1.45 bits per heavy atom. The number of hydrogen-bond acceptors (Lipinski definition) is 5. The van der Waals surface area contributed by atoms with Crippen molar-refractivity contribution < 1.29 is 14.7 Å². The third-order valence-corrected chi connectivity index (χ3v) is 4.88. The van der Waals surface area contributed by atoms with E-state index >= 15 is 0 Å². The van der Waals surface area contributed by atoms with Crippen molar-refractivity contribution in [2.24, 2.45) is 0 Å². The molecule has 0 aliphatic rings. The summed E-state index contributed by atoms with van der Waals surface area (Å²) in [6.07, 6.45) is 0.121. The van der Waals surface area contributed by atoms with Gasteiger partial charge in [-0.05, 0) is 18.4 Å². The van der Waals surface area contributed by atoms with Crippen molar-refractivity contribution in [1.82, 2.24) is 9.88 Å². The van der Waals surface area contributed by atoms with Gasteiger partial charge in [0.1, 0.15) is 11.0 Å². The Morgan fingerprint density at radius 3 is 2.80 bits per heavy atom. The first kappa shape index (κ1) is 14.7. The second-order valence-corrected chi connectivity index (χ2v) is 6.12. The molecule has 2 aromatic rings. The first-order chi connectivity index (χ1) is 9.49. The third kappa shape index (κ3) is 3.23. The van der Waals surface area contributed by atoms with E-state index < -0.39 is 12.0 Å². The molecule has 0 saturated heterocycles. The first-order valence-corrected chi connectivity index (χ1v) is 7.71. The molecule has 0 fully saturated rings. The Morgan fingerprint density at radius 2 is 2.20 bits per heavy atom. The van der Waals surface area contributed by atoms with Gasteiger partial charge in [0.15, 0.2) is 0 Å². The summed E-state index contributed by atoms with van der Waals surface area (Å²) < 4.78 is 0. The van der Waals surface area contributed by atoms with Crippen LogP contribution < -0.4 is 0 Å². The number of nitrogens with zero attached hydrogens (tertiary/aromatic N) is 2. The number of aromatic nitrogens is 1. The SMILES string of the molecule is CC(C(=O)O)N(C)C(=O)Cc1csc(-c2cccs2)n1. The topological polar surface area (TPSA) is 70.5 Å². The summed E-state index contributed by atoms with van der Waals surface area (Å²) in [4.78, 5) is 29.5. The highest BCUT2D eigenvalue weighted by atomic mass is 32.1. The Labute approximate surface area is 124 Å². The lowest BCUT2D eigenvalue weighted by Gasteiger charge is -2.20. The molecule has 2 rings (SSSR count). The Bertz CT molecular complexity index is 607. The average molecular weight is 310 g/mol. The summed E-state index contributed by atoms with van der Waals surface area (Å²) in [5.41, 5.74) is 0.674. The van der Waals surface area contributed by atoms with Crippen LogP contribution in [0.15, 0.2) is 22.9 Å². The minimum absolute atomic E-state index is 0.121. The predicted octanol–water partition coefficient (Wildman–Crippen LogP) is 2.35. The van der Waals surface area contributed by atoms with E-state index in [1.807, 2.05) is 22.9 Å². The molecule has 0 bridgehead atoms. The minimum atomic E-state index is -1.02. The number of aliphatic carboxylic acids is 1. The van der Waals surface area contributed by atoms with Crippen LogP contribution in [0.3, 0.4) is 0 Å². The number of carbonyl (C=O) groups is 2. The monoisotopic (exact) mass is 310 g/mol. The standard InChI is InChI=1S/C13H14N2O3S2/c1-8(13(17)18)15(2)11(16)6-9-7-20-12(14-9)10-4-3-5-19-10/h3-5,7-8H,6H2,1-2H3,(H,17,18). The van der Waals surface area contributed by atoms with Gasteiger partial charge in [0.25, 0.3) is 0 Å². The van der Waals surface area contributed by atoms with E-state index in [-0.39, 0.29) is 12.3 Å². The molecular weight excluding hydrogens is 296 g/mol. The molecule has 1 amide bonds. The van der Waals surface area contributed by atoms with Crippen LogP contribution >= 0.6 is 22.7 Å². The van der Waals surface area contributed by atoms with Gasteiger partial charge in [-0.25, -0.2) is 9.78 Å². The second-order valence-electron chi connectivity index (χ2n) is 4.32. The van der Waals surface area contributed by atoms with Crippen molar-refractivity contribution in [3.63, 3.8) is 0 Å². The van der Waals surface area contributed by atoms with Crippen molar-refractivity contribution in [3.8, 4) is 9.88 Å². The Balaban J connectivity index is 2.04. The molecule has 2 heterocycles. The van der Waals surface area contributed by atoms with Gasteiger partial charge in [0.2, 0.25) is 5.91 Å². The maximum absolute atomic E-state index is 12.0. The van der Waals surface area contributed by atoms with E-state index in [0.717, 1.165) is 9.88 Å². The van der Waals surface area contributed by atoms with Gasteiger partial charge in [-0.3, -0.25) is 4.79 Å². The van der Waals surface area contributed by atoms with Crippen molar-refractivity contribution in [1.29, 1.82) is 0 Å². The van der Waals surface area contributed by atoms with E-state index in [0.29, 0.717) is 5.69 Å². The van der Waals surface area contributed by atoms with Crippen molar-refractivity contribution >= 4 is 34.6 Å². The summed E-state index contributed by atoms with van der Waals surface area (Å²) in [6.45, 7) is 1.48. The third-order valence-electron chi connectivity index (χ3n) is 2.95. The smallest absolute Gasteiger partial charge is 0.326 e. The van der Waals surface area contributed by atoms with E-state index in [1.165, 1.54) is 30.2 Å². The largest absolute Gasteiger partial charge is 0.480 e. The molecule has 0 spiro atoms. The van der Waals surface area contributed by atoms with Crippen LogP contribution in [-0.4, -0.2) is 40.0 Å². The summed E-state index contributed by atoms with van der Waals surface area (Å²) in [5.74, 6) is -1.26. The van der Waals surface area contributed by atoms with Gasteiger partial charge in [-0.2, -0.15) is 0 Å². The number of carboxylic acid groups (broad SMARTS) is 1. The number of rotatable bonds is 5. The Hall–Kier alpha value is -1.73. The van der Waals surface area contributed by atoms with Crippen molar-refractivity contribution in [2.45, 2.75) is 19.4 Å². The molecule has 0 radical (unpaired) electrons. The van der Waals surface area contributed by atoms with E-state index in [2.05, 4.69) is 4.98 Å². The van der Waals surface area contributed by atoms with Gasteiger partial charge in [-0.15, -0.1) is 22.7 Å². The van der Waals surface area contributed by atoms with Gasteiger partial charge >= 0.3 is 5.97 Å². The summed E-state index contributed by atoms with van der Waals surface area (Å²) in [5, 5.41) is 13.6. The van der Waals surface area contributed by atoms with Crippen LogP contribution in [0, 0.1) is 0 Å². The number of amides is 1. The highest BCUT2D eigenvalue weighted by molar-refractivity contribution is 7.20. The molecule has 106 valence electrons. The zero-order chi connectivity index (χ0) is 14.7. The zero-order valence-electron chi connectivity index (χ0n) is 11.1. The minimum Gasteiger partial charge on any atom is -0.480 e. The summed E-state index contributed by atoms with van der Waals surface area (Å²) in [7, 11) is 1.49. The van der Waals surface area contributed by atoms with Gasteiger partial charge in [0.05, 0.1) is 17.0 Å². The molecule has 7 heteroatoms. The molecule has 0 aromatic carbocycles. The zero-order valence-corrected chi connectivity index (χ0v) is 12.7. The van der Waals surface area contributed by atoms with Gasteiger partial charge in [0, 0.05) is 12.4 Å². The fraction of sp³-hybridized carbons (Fsp3) is 0.308. The number of thiophene rings is 1. The quantitative estimate of drug-likeness (QED) is 0.920. The molecule has 0 aliphatic heterocycles. The van der Waals surface area contributed by atoms with E-state index in [4.69, 9.17) is 5.11 Å². The fourth-order valence-corrected chi connectivity index (χ4v) is 3.20.